The molecule has 1 heterocycles. The average Bonchev–Trinajstić information content (AvgIpc) is 3.06. The zero-order valence-electron chi connectivity index (χ0n) is 14.2. The quantitative estimate of drug-likeness (QED) is 0.876. The maximum absolute atomic E-state index is 12.5. The summed E-state index contributed by atoms with van der Waals surface area (Å²) in [5, 5.41) is 2.80. The predicted molar refractivity (Wildman–Crippen MR) is 90.5 cm³/mol. The van der Waals surface area contributed by atoms with Gasteiger partial charge in [-0.15, -0.1) is 0 Å². The van der Waals surface area contributed by atoms with Gasteiger partial charge in [0.05, 0.1) is 0 Å². The number of hydrogen-bond donors (Lipinski definition) is 1. The maximum Gasteiger partial charge on any atom is 0.249 e. The highest BCUT2D eigenvalue weighted by molar-refractivity contribution is 5.94. The van der Waals surface area contributed by atoms with Crippen molar-refractivity contribution in [2.75, 3.05) is 24.6 Å². The molecule has 0 aromatic heterocycles. The molecule has 1 aromatic rings. The van der Waals surface area contributed by atoms with Crippen LogP contribution < -0.4 is 10.2 Å². The number of ether oxygens (including phenoxy) is 1. The maximum atomic E-state index is 12.5. The minimum atomic E-state index is -0.341. The molecule has 2 amide bonds. The second-order valence-corrected chi connectivity index (χ2v) is 5.97. The Balaban J connectivity index is 1.90. The Hall–Kier alpha value is -1.88. The number of carbonyl (C=O) groups is 2. The Kier molecular flexibility index (Phi) is 6.16. The number of hydrogen-bond acceptors (Lipinski definition) is 3. The Morgan fingerprint density at radius 2 is 2.13 bits per heavy atom. The lowest BCUT2D eigenvalue weighted by molar-refractivity contribution is -0.130. The number of carbonyl (C=O) groups excluding carboxylic acids is 2. The number of rotatable bonds is 6. The monoisotopic (exact) mass is 318 g/mol. The summed E-state index contributed by atoms with van der Waals surface area (Å²) < 4.78 is 5.33. The molecule has 126 valence electrons. The molecule has 1 aliphatic rings. The summed E-state index contributed by atoms with van der Waals surface area (Å²) in [4.78, 5) is 26.1. The van der Waals surface area contributed by atoms with Crippen LogP contribution in [0.5, 0.6) is 0 Å². The van der Waals surface area contributed by atoms with Gasteiger partial charge in [0, 0.05) is 31.8 Å². The van der Waals surface area contributed by atoms with Gasteiger partial charge in [0.25, 0.3) is 0 Å². The number of aryl methyl sites for hydroxylation is 2. The Morgan fingerprint density at radius 1 is 1.35 bits per heavy atom. The largest absolute Gasteiger partial charge is 0.368 e. The summed E-state index contributed by atoms with van der Waals surface area (Å²) in [5.74, 6) is -0.0843. The fourth-order valence-electron chi connectivity index (χ4n) is 2.82. The molecule has 5 heteroatoms. The second kappa shape index (κ2) is 8.11. The number of amides is 2. The smallest absolute Gasteiger partial charge is 0.249 e. The first kappa shape index (κ1) is 17.5. The van der Waals surface area contributed by atoms with Crippen LogP contribution in [0.4, 0.5) is 5.69 Å². The first-order valence-corrected chi connectivity index (χ1v) is 8.30. The molecule has 0 aliphatic carbocycles. The molecule has 1 fully saturated rings. The van der Waals surface area contributed by atoms with Crippen LogP contribution in [-0.2, 0) is 14.3 Å². The van der Waals surface area contributed by atoms with Crippen LogP contribution in [0.1, 0.15) is 37.3 Å². The number of nitrogens with zero attached hydrogens (tertiary/aromatic N) is 1. The van der Waals surface area contributed by atoms with Crippen molar-refractivity contribution in [1.82, 2.24) is 5.32 Å². The highest BCUT2D eigenvalue weighted by Crippen LogP contribution is 2.22. The summed E-state index contributed by atoms with van der Waals surface area (Å²) >= 11 is 0. The molecule has 0 unspecified atom stereocenters. The van der Waals surface area contributed by atoms with Crippen molar-refractivity contribution < 1.29 is 14.3 Å². The Morgan fingerprint density at radius 3 is 2.78 bits per heavy atom. The number of nitrogens with one attached hydrogen (secondary N) is 1. The van der Waals surface area contributed by atoms with E-state index in [9.17, 15) is 9.59 Å². The SMILES string of the molecule is CCN(C(=O)CCNC(=O)[C@H]1CCCO1)c1cc(C)ccc1C. The van der Waals surface area contributed by atoms with Gasteiger partial charge in [-0.3, -0.25) is 9.59 Å². The minimum Gasteiger partial charge on any atom is -0.368 e. The molecule has 1 aromatic carbocycles. The van der Waals surface area contributed by atoms with Crippen molar-refractivity contribution in [2.24, 2.45) is 0 Å². The molecule has 23 heavy (non-hydrogen) atoms. The fraction of sp³-hybridized carbons (Fsp3) is 0.556. The lowest BCUT2D eigenvalue weighted by atomic mass is 10.1. The first-order chi connectivity index (χ1) is 11.0. The normalized spacial score (nSPS) is 17.1. The molecule has 1 saturated heterocycles. The van der Waals surface area contributed by atoms with E-state index in [0.717, 1.165) is 29.7 Å². The van der Waals surface area contributed by atoms with Gasteiger partial charge in [0.15, 0.2) is 0 Å². The standard InChI is InChI=1S/C18H26N2O3/c1-4-20(15-12-13(2)7-8-14(15)3)17(21)9-10-19-18(22)16-6-5-11-23-16/h7-8,12,16H,4-6,9-11H2,1-3H3,(H,19,22)/t16-/m1/s1. The van der Waals surface area contributed by atoms with Gasteiger partial charge in [0.1, 0.15) is 6.10 Å². The fourth-order valence-corrected chi connectivity index (χ4v) is 2.82. The zero-order chi connectivity index (χ0) is 16.8. The highest BCUT2D eigenvalue weighted by Gasteiger charge is 2.23. The third-order valence-electron chi connectivity index (χ3n) is 4.13. The molecular weight excluding hydrogens is 292 g/mol. The third kappa shape index (κ3) is 4.55. The van der Waals surface area contributed by atoms with Crippen LogP contribution in [-0.4, -0.2) is 37.6 Å². The average molecular weight is 318 g/mol. The second-order valence-electron chi connectivity index (χ2n) is 5.97. The molecule has 0 spiro atoms. The van der Waals surface area contributed by atoms with Crippen molar-refractivity contribution in [2.45, 2.75) is 46.1 Å². The van der Waals surface area contributed by atoms with Crippen molar-refractivity contribution >= 4 is 17.5 Å². The summed E-state index contributed by atoms with van der Waals surface area (Å²) in [6.07, 6.45) is 1.64. The summed E-state index contributed by atoms with van der Waals surface area (Å²) in [7, 11) is 0. The third-order valence-corrected chi connectivity index (χ3v) is 4.13. The molecule has 5 nitrogen and oxygen atoms in total. The molecule has 1 atom stereocenters. The van der Waals surface area contributed by atoms with E-state index in [1.165, 1.54) is 0 Å². The topological polar surface area (TPSA) is 58.6 Å². The van der Waals surface area contributed by atoms with E-state index in [2.05, 4.69) is 5.32 Å². The molecule has 1 aliphatic heterocycles. The zero-order valence-corrected chi connectivity index (χ0v) is 14.2. The van der Waals surface area contributed by atoms with Gasteiger partial charge in [-0.2, -0.15) is 0 Å². The van der Waals surface area contributed by atoms with Crippen LogP contribution in [0, 0.1) is 13.8 Å². The molecule has 1 N–H and O–H groups in total. The molecule has 2 rings (SSSR count). The van der Waals surface area contributed by atoms with Gasteiger partial charge in [-0.05, 0) is 50.8 Å². The van der Waals surface area contributed by atoms with Crippen LogP contribution in [0.3, 0.4) is 0 Å². The van der Waals surface area contributed by atoms with Crippen molar-refractivity contribution in [3.8, 4) is 0 Å². The van der Waals surface area contributed by atoms with E-state index in [1.807, 2.05) is 39.0 Å². The van der Waals surface area contributed by atoms with Crippen molar-refractivity contribution in [3.63, 3.8) is 0 Å². The lowest BCUT2D eigenvalue weighted by Gasteiger charge is -2.23. The lowest BCUT2D eigenvalue weighted by Crippen LogP contribution is -2.38. The van der Waals surface area contributed by atoms with E-state index in [-0.39, 0.29) is 17.9 Å². The highest BCUT2D eigenvalue weighted by atomic mass is 16.5. The molecular formula is C18H26N2O3. The summed E-state index contributed by atoms with van der Waals surface area (Å²) in [6, 6.07) is 6.10. The van der Waals surface area contributed by atoms with Gasteiger partial charge in [0.2, 0.25) is 11.8 Å². The molecule has 0 radical (unpaired) electrons. The number of benzene rings is 1. The van der Waals surface area contributed by atoms with Crippen LogP contribution >= 0.6 is 0 Å². The first-order valence-electron chi connectivity index (χ1n) is 8.30. The van der Waals surface area contributed by atoms with Gasteiger partial charge in [-0.25, -0.2) is 0 Å². The van der Waals surface area contributed by atoms with Gasteiger partial charge < -0.3 is 15.0 Å². The van der Waals surface area contributed by atoms with Gasteiger partial charge >= 0.3 is 0 Å². The van der Waals surface area contributed by atoms with E-state index >= 15 is 0 Å². The van der Waals surface area contributed by atoms with Crippen LogP contribution in [0.25, 0.3) is 0 Å². The Bertz CT molecular complexity index is 565. The number of anilines is 1. The van der Waals surface area contributed by atoms with E-state index in [0.29, 0.717) is 26.1 Å². The van der Waals surface area contributed by atoms with Gasteiger partial charge in [-0.1, -0.05) is 12.1 Å². The van der Waals surface area contributed by atoms with Crippen molar-refractivity contribution in [3.05, 3.63) is 29.3 Å². The van der Waals surface area contributed by atoms with Crippen LogP contribution in [0.2, 0.25) is 0 Å². The van der Waals surface area contributed by atoms with Crippen LogP contribution in [0.15, 0.2) is 18.2 Å². The van der Waals surface area contributed by atoms with E-state index in [4.69, 9.17) is 4.74 Å². The van der Waals surface area contributed by atoms with E-state index in [1.54, 1.807) is 4.90 Å². The summed E-state index contributed by atoms with van der Waals surface area (Å²) in [6.45, 7) is 7.59. The van der Waals surface area contributed by atoms with E-state index < -0.39 is 0 Å². The van der Waals surface area contributed by atoms with Crippen molar-refractivity contribution in [1.29, 1.82) is 0 Å². The predicted octanol–water partition coefficient (Wildman–Crippen LogP) is 2.34. The molecule has 0 saturated carbocycles. The molecule has 0 bridgehead atoms. The minimum absolute atomic E-state index is 0.0221. The summed E-state index contributed by atoms with van der Waals surface area (Å²) in [5.41, 5.74) is 3.15. The Labute approximate surface area is 138 Å².